The van der Waals surface area contributed by atoms with E-state index < -0.39 is 11.8 Å². The van der Waals surface area contributed by atoms with Crippen LogP contribution in [0.3, 0.4) is 0 Å². The number of hydrogen-bond acceptors (Lipinski definition) is 6. The zero-order valence-corrected chi connectivity index (χ0v) is 18.0. The molecule has 2 aromatic heterocycles. The van der Waals surface area contributed by atoms with Gasteiger partial charge in [0.2, 0.25) is 11.8 Å². The summed E-state index contributed by atoms with van der Waals surface area (Å²) in [7, 11) is 1.53. The van der Waals surface area contributed by atoms with Gasteiger partial charge in [0.15, 0.2) is 6.73 Å². The van der Waals surface area contributed by atoms with Crippen molar-refractivity contribution in [2.75, 3.05) is 12.4 Å². The largest absolute Gasteiger partial charge is 0.496 e. The molecule has 1 atom stereocenters. The molecule has 0 radical (unpaired) electrons. The number of nitrogens with zero attached hydrogens (tertiary/aromatic N) is 3. The summed E-state index contributed by atoms with van der Waals surface area (Å²) in [5, 5.41) is 12.6. The van der Waals surface area contributed by atoms with Crippen LogP contribution in [-0.2, 0) is 11.5 Å². The predicted octanol–water partition coefficient (Wildman–Crippen LogP) is 3.43. The Morgan fingerprint density at radius 1 is 1.31 bits per heavy atom. The van der Waals surface area contributed by atoms with Crippen LogP contribution in [-0.4, -0.2) is 22.6 Å². The number of nitriles is 1. The lowest BCUT2D eigenvalue weighted by molar-refractivity contribution is -0.114. The molecule has 1 aliphatic heterocycles. The van der Waals surface area contributed by atoms with Crippen LogP contribution in [0, 0.1) is 18.3 Å². The number of methoxy groups -OCH3 is 1. The molecule has 1 amide bonds. The van der Waals surface area contributed by atoms with Crippen molar-refractivity contribution in [1.29, 1.82) is 5.26 Å². The Morgan fingerprint density at radius 3 is 2.72 bits per heavy atom. The molecule has 8 nitrogen and oxygen atoms in total. The second-order valence-electron chi connectivity index (χ2n) is 7.54. The van der Waals surface area contributed by atoms with Gasteiger partial charge < -0.3 is 25.1 Å². The van der Waals surface area contributed by atoms with Crippen LogP contribution in [0.5, 0.6) is 11.6 Å². The van der Waals surface area contributed by atoms with Crippen molar-refractivity contribution in [1.82, 2.24) is 9.55 Å². The lowest BCUT2D eigenvalue weighted by Gasteiger charge is -2.32. The first kappa shape index (κ1) is 21.0. The Bertz CT molecular complexity index is 1260. The Morgan fingerprint density at radius 2 is 2.06 bits per heavy atom. The molecular weight excluding hydrogens is 406 g/mol. The molecule has 162 valence electrons. The van der Waals surface area contributed by atoms with E-state index in [-0.39, 0.29) is 6.73 Å². The molecule has 3 aromatic rings. The second kappa shape index (κ2) is 8.47. The Kier molecular flexibility index (Phi) is 5.56. The van der Waals surface area contributed by atoms with Gasteiger partial charge in [-0.1, -0.05) is 6.07 Å². The highest BCUT2D eigenvalue weighted by Gasteiger charge is 2.37. The molecule has 1 aliphatic rings. The summed E-state index contributed by atoms with van der Waals surface area (Å²) in [5.74, 6) is -0.283. The number of hydrogen-bond donors (Lipinski definition) is 2. The summed E-state index contributed by atoms with van der Waals surface area (Å²) in [6, 6.07) is 11.1. The number of amides is 1. The van der Waals surface area contributed by atoms with E-state index in [0.29, 0.717) is 39.6 Å². The molecule has 0 aliphatic carbocycles. The molecule has 0 saturated heterocycles. The number of ether oxygens (including phenoxy) is 2. The van der Waals surface area contributed by atoms with E-state index in [4.69, 9.17) is 15.2 Å². The Hall–Kier alpha value is -4.25. The third-order valence-corrected chi connectivity index (χ3v) is 5.52. The minimum absolute atomic E-state index is 0.251. The van der Waals surface area contributed by atoms with Gasteiger partial charge in [0.25, 0.3) is 0 Å². The summed E-state index contributed by atoms with van der Waals surface area (Å²) >= 11 is 0. The van der Waals surface area contributed by atoms with Crippen molar-refractivity contribution >= 4 is 11.6 Å². The van der Waals surface area contributed by atoms with Crippen LogP contribution in [0.25, 0.3) is 0 Å². The number of nitrogens with one attached hydrogen (secondary N) is 1. The fourth-order valence-corrected chi connectivity index (χ4v) is 4.02. The lowest BCUT2D eigenvalue weighted by atomic mass is 9.79. The maximum absolute atomic E-state index is 12.6. The van der Waals surface area contributed by atoms with Crippen molar-refractivity contribution in [2.45, 2.75) is 26.5 Å². The molecule has 32 heavy (non-hydrogen) atoms. The van der Waals surface area contributed by atoms with E-state index in [9.17, 15) is 10.1 Å². The number of fused-ring (bicyclic) bond motifs is 1. The van der Waals surface area contributed by atoms with Crippen molar-refractivity contribution < 1.29 is 14.3 Å². The molecule has 1 aromatic carbocycles. The monoisotopic (exact) mass is 429 g/mol. The molecule has 4 rings (SSSR count). The minimum Gasteiger partial charge on any atom is -0.496 e. The van der Waals surface area contributed by atoms with Crippen LogP contribution in [0.4, 0.5) is 5.69 Å². The van der Waals surface area contributed by atoms with Crippen LogP contribution >= 0.6 is 0 Å². The topological polar surface area (TPSA) is 115 Å². The number of nitrogens with two attached hydrogens (primary N) is 1. The van der Waals surface area contributed by atoms with Gasteiger partial charge in [-0.2, -0.15) is 5.26 Å². The average molecular weight is 429 g/mol. The van der Waals surface area contributed by atoms with Crippen molar-refractivity contribution in [3.8, 4) is 17.7 Å². The molecule has 0 saturated carbocycles. The molecule has 1 unspecified atom stereocenters. The standard InChI is InChI=1S/C24H23N5O3/c1-14-12-27-24(32-13-29-8-4-5-9-29)21-20(19(23(26)30)15(2)28-22(14)21)17-7-6-16(11-25)10-18(17)31-3/h4-10,12,20,28H,13H2,1-3H3,(H2,26,30). The fourth-order valence-electron chi connectivity index (χ4n) is 4.02. The van der Waals surface area contributed by atoms with Crippen LogP contribution in [0.2, 0.25) is 0 Å². The van der Waals surface area contributed by atoms with E-state index in [0.717, 1.165) is 11.3 Å². The van der Waals surface area contributed by atoms with Crippen LogP contribution < -0.4 is 20.5 Å². The first-order valence-corrected chi connectivity index (χ1v) is 10.0. The highest BCUT2D eigenvalue weighted by atomic mass is 16.5. The maximum atomic E-state index is 12.6. The van der Waals surface area contributed by atoms with Gasteiger partial charge in [-0.3, -0.25) is 4.79 Å². The summed E-state index contributed by atoms with van der Waals surface area (Å²) in [6.07, 6.45) is 5.50. The zero-order chi connectivity index (χ0) is 22.8. The number of allylic oxidation sites excluding steroid dienone is 1. The van der Waals surface area contributed by atoms with Gasteiger partial charge in [-0.25, -0.2) is 4.98 Å². The molecule has 3 heterocycles. The quantitative estimate of drug-likeness (QED) is 0.620. The van der Waals surface area contributed by atoms with E-state index in [1.165, 1.54) is 7.11 Å². The second-order valence-corrected chi connectivity index (χ2v) is 7.54. The first-order chi connectivity index (χ1) is 15.4. The maximum Gasteiger partial charge on any atom is 0.247 e. The third kappa shape index (κ3) is 3.65. The normalized spacial score (nSPS) is 14.9. The smallest absolute Gasteiger partial charge is 0.247 e. The molecule has 0 spiro atoms. The van der Waals surface area contributed by atoms with Gasteiger partial charge in [-0.05, 0) is 43.7 Å². The number of primary amides is 1. The van der Waals surface area contributed by atoms with E-state index >= 15 is 0 Å². The third-order valence-electron chi connectivity index (χ3n) is 5.52. The average Bonchev–Trinajstić information content (AvgIpc) is 3.31. The summed E-state index contributed by atoms with van der Waals surface area (Å²) in [5.41, 5.74) is 10.4. The van der Waals surface area contributed by atoms with Gasteiger partial charge >= 0.3 is 0 Å². The van der Waals surface area contributed by atoms with E-state index in [1.807, 2.05) is 42.9 Å². The first-order valence-electron chi connectivity index (χ1n) is 10.0. The number of rotatable bonds is 6. The zero-order valence-electron chi connectivity index (χ0n) is 18.0. The molecule has 0 bridgehead atoms. The minimum atomic E-state index is -0.585. The van der Waals surface area contributed by atoms with Crippen LogP contribution in [0.15, 0.2) is 60.2 Å². The Balaban J connectivity index is 1.93. The summed E-state index contributed by atoms with van der Waals surface area (Å²) < 4.78 is 13.6. The van der Waals surface area contributed by atoms with Gasteiger partial charge in [0.1, 0.15) is 5.75 Å². The summed E-state index contributed by atoms with van der Waals surface area (Å²) in [4.78, 5) is 17.1. The van der Waals surface area contributed by atoms with E-state index in [2.05, 4.69) is 16.4 Å². The SMILES string of the molecule is COc1cc(C#N)ccc1C1C(C(N)=O)=C(C)Nc2c(C)cnc(OCn3cccc3)c21. The van der Waals surface area contributed by atoms with Gasteiger partial charge in [0.05, 0.1) is 35.9 Å². The highest BCUT2D eigenvalue weighted by Crippen LogP contribution is 2.48. The van der Waals surface area contributed by atoms with Crippen molar-refractivity contribution in [3.05, 3.63) is 82.4 Å². The Labute approximate surface area is 185 Å². The predicted molar refractivity (Wildman–Crippen MR) is 119 cm³/mol. The van der Waals surface area contributed by atoms with E-state index in [1.54, 1.807) is 24.4 Å². The summed E-state index contributed by atoms with van der Waals surface area (Å²) in [6.45, 7) is 4.00. The molecule has 8 heteroatoms. The molecular formula is C24H23N5O3. The number of carbonyl (C=O) groups excluding carboxylic acids is 1. The number of aryl methyl sites for hydroxylation is 1. The molecule has 0 fully saturated rings. The molecule has 3 N–H and O–H groups in total. The van der Waals surface area contributed by atoms with Gasteiger partial charge in [-0.15, -0.1) is 0 Å². The lowest BCUT2D eigenvalue weighted by Crippen LogP contribution is -2.28. The highest BCUT2D eigenvalue weighted by molar-refractivity contribution is 5.98. The van der Waals surface area contributed by atoms with Crippen LogP contribution in [0.1, 0.15) is 35.1 Å². The van der Waals surface area contributed by atoms with Crippen molar-refractivity contribution in [3.63, 3.8) is 0 Å². The van der Waals surface area contributed by atoms with Gasteiger partial charge in [0, 0.05) is 35.4 Å². The number of carbonyl (C=O) groups is 1. The number of pyridine rings is 1. The number of aromatic nitrogens is 2. The fraction of sp³-hybridized carbons (Fsp3) is 0.208. The number of benzene rings is 1. The van der Waals surface area contributed by atoms with Crippen molar-refractivity contribution in [2.24, 2.45) is 5.73 Å². The number of anilines is 1.